The van der Waals surface area contributed by atoms with Crippen molar-refractivity contribution in [2.75, 3.05) is 25.5 Å². The van der Waals surface area contributed by atoms with Crippen molar-refractivity contribution >= 4 is 11.7 Å². The van der Waals surface area contributed by atoms with Crippen LogP contribution in [0.15, 0.2) is 18.5 Å². The summed E-state index contributed by atoms with van der Waals surface area (Å²) in [6, 6.07) is 3.94. The van der Waals surface area contributed by atoms with Crippen molar-refractivity contribution in [2.45, 2.75) is 32.2 Å². The SMILES string of the molecule is Cc1[nH]cnc1CC(=O)N1CCCC1c1ccc(N(C)C)nn1. The highest BCUT2D eigenvalue weighted by molar-refractivity contribution is 5.79. The Balaban J connectivity index is 1.74. The van der Waals surface area contributed by atoms with Gasteiger partial charge in [0.2, 0.25) is 5.91 Å². The zero-order chi connectivity index (χ0) is 16.4. The van der Waals surface area contributed by atoms with Gasteiger partial charge in [0, 0.05) is 26.3 Å². The van der Waals surface area contributed by atoms with E-state index in [0.29, 0.717) is 6.42 Å². The Kier molecular flexibility index (Phi) is 4.27. The van der Waals surface area contributed by atoms with Crippen molar-refractivity contribution in [1.82, 2.24) is 25.1 Å². The van der Waals surface area contributed by atoms with Crippen LogP contribution in [-0.2, 0) is 11.2 Å². The molecule has 1 aliphatic heterocycles. The number of aryl methyl sites for hydroxylation is 1. The second-order valence-electron chi connectivity index (χ2n) is 6.11. The number of anilines is 1. The van der Waals surface area contributed by atoms with E-state index in [1.54, 1.807) is 6.33 Å². The fourth-order valence-corrected chi connectivity index (χ4v) is 2.93. The van der Waals surface area contributed by atoms with Gasteiger partial charge in [-0.3, -0.25) is 4.79 Å². The summed E-state index contributed by atoms with van der Waals surface area (Å²) in [4.78, 5) is 23.7. The molecule has 1 saturated heterocycles. The number of nitrogens with zero attached hydrogens (tertiary/aromatic N) is 5. The summed E-state index contributed by atoms with van der Waals surface area (Å²) in [6.45, 7) is 2.70. The van der Waals surface area contributed by atoms with Gasteiger partial charge in [-0.05, 0) is 31.9 Å². The van der Waals surface area contributed by atoms with Gasteiger partial charge in [-0.1, -0.05) is 0 Å². The number of H-pyrrole nitrogens is 1. The van der Waals surface area contributed by atoms with Gasteiger partial charge in [0.15, 0.2) is 5.82 Å². The predicted octanol–water partition coefficient (Wildman–Crippen LogP) is 1.48. The molecule has 0 aromatic carbocycles. The van der Waals surface area contributed by atoms with Crippen LogP contribution in [0.5, 0.6) is 0 Å². The normalized spacial score (nSPS) is 17.5. The van der Waals surface area contributed by atoms with Crippen molar-refractivity contribution in [2.24, 2.45) is 0 Å². The molecule has 2 aromatic heterocycles. The topological polar surface area (TPSA) is 78.0 Å². The van der Waals surface area contributed by atoms with Gasteiger partial charge in [-0.2, -0.15) is 5.10 Å². The monoisotopic (exact) mass is 314 g/mol. The summed E-state index contributed by atoms with van der Waals surface area (Å²) >= 11 is 0. The van der Waals surface area contributed by atoms with Crippen molar-refractivity contribution in [3.05, 3.63) is 35.5 Å². The third kappa shape index (κ3) is 3.18. The number of carbonyl (C=O) groups excluding carboxylic acids is 1. The molecule has 23 heavy (non-hydrogen) atoms. The van der Waals surface area contributed by atoms with Crippen molar-refractivity contribution in [1.29, 1.82) is 0 Å². The molecular formula is C16H22N6O. The molecule has 0 spiro atoms. The maximum Gasteiger partial charge on any atom is 0.229 e. The van der Waals surface area contributed by atoms with Crippen LogP contribution in [0, 0.1) is 6.92 Å². The second-order valence-corrected chi connectivity index (χ2v) is 6.11. The molecule has 0 saturated carbocycles. The predicted molar refractivity (Wildman–Crippen MR) is 87.1 cm³/mol. The van der Waals surface area contributed by atoms with Crippen LogP contribution in [-0.4, -0.2) is 51.6 Å². The Hall–Kier alpha value is -2.44. The van der Waals surface area contributed by atoms with E-state index in [1.807, 2.05) is 43.0 Å². The number of likely N-dealkylation sites (tertiary alicyclic amines) is 1. The largest absolute Gasteiger partial charge is 0.361 e. The zero-order valence-corrected chi connectivity index (χ0v) is 13.8. The number of carbonyl (C=O) groups is 1. The first-order valence-electron chi connectivity index (χ1n) is 7.85. The van der Waals surface area contributed by atoms with E-state index in [1.165, 1.54) is 0 Å². The fourth-order valence-electron chi connectivity index (χ4n) is 2.93. The molecule has 1 atom stereocenters. The summed E-state index contributed by atoms with van der Waals surface area (Å²) in [5, 5.41) is 8.55. The molecule has 7 nitrogen and oxygen atoms in total. The molecule has 0 aliphatic carbocycles. The Labute approximate surface area is 135 Å². The van der Waals surface area contributed by atoms with E-state index in [-0.39, 0.29) is 11.9 Å². The molecule has 2 aromatic rings. The van der Waals surface area contributed by atoms with Crippen molar-refractivity contribution < 1.29 is 4.79 Å². The van der Waals surface area contributed by atoms with Gasteiger partial charge < -0.3 is 14.8 Å². The summed E-state index contributed by atoms with van der Waals surface area (Å²) in [7, 11) is 3.86. The van der Waals surface area contributed by atoms with Crippen LogP contribution >= 0.6 is 0 Å². The van der Waals surface area contributed by atoms with Crippen LogP contribution in [0.2, 0.25) is 0 Å². The number of amides is 1. The molecular weight excluding hydrogens is 292 g/mol. The number of hydrogen-bond donors (Lipinski definition) is 1. The van der Waals surface area contributed by atoms with Gasteiger partial charge in [0.1, 0.15) is 0 Å². The van der Waals surface area contributed by atoms with Crippen LogP contribution in [0.25, 0.3) is 0 Å². The lowest BCUT2D eigenvalue weighted by atomic mass is 10.1. The molecule has 1 unspecified atom stereocenters. The van der Waals surface area contributed by atoms with E-state index < -0.39 is 0 Å². The van der Waals surface area contributed by atoms with Crippen LogP contribution in [0.4, 0.5) is 5.82 Å². The molecule has 0 radical (unpaired) electrons. The lowest BCUT2D eigenvalue weighted by molar-refractivity contribution is -0.131. The van der Waals surface area contributed by atoms with Gasteiger partial charge in [-0.25, -0.2) is 4.98 Å². The van der Waals surface area contributed by atoms with E-state index in [4.69, 9.17) is 0 Å². The smallest absolute Gasteiger partial charge is 0.229 e. The second kappa shape index (κ2) is 6.36. The standard InChI is InChI=1S/C16H22N6O/c1-11-13(18-10-17-11)9-16(23)22-8-4-5-14(22)12-6-7-15(20-19-12)21(2)3/h6-7,10,14H,4-5,8-9H2,1-3H3,(H,17,18). The molecule has 3 rings (SSSR count). The Morgan fingerprint density at radius 3 is 2.83 bits per heavy atom. The molecule has 3 heterocycles. The first kappa shape index (κ1) is 15.5. The minimum Gasteiger partial charge on any atom is -0.361 e. The summed E-state index contributed by atoms with van der Waals surface area (Å²) in [6.07, 6.45) is 3.88. The lowest BCUT2D eigenvalue weighted by Crippen LogP contribution is -2.32. The van der Waals surface area contributed by atoms with Crippen LogP contribution in [0.1, 0.15) is 36.0 Å². The average molecular weight is 314 g/mol. The molecule has 1 fully saturated rings. The molecule has 122 valence electrons. The Morgan fingerprint density at radius 1 is 1.39 bits per heavy atom. The lowest BCUT2D eigenvalue weighted by Gasteiger charge is -2.24. The minimum atomic E-state index is 0.0189. The van der Waals surface area contributed by atoms with E-state index >= 15 is 0 Å². The van der Waals surface area contributed by atoms with E-state index in [0.717, 1.165) is 42.3 Å². The van der Waals surface area contributed by atoms with Crippen molar-refractivity contribution in [3.8, 4) is 0 Å². The number of aromatic nitrogens is 4. The summed E-state index contributed by atoms with van der Waals surface area (Å²) in [5.41, 5.74) is 2.62. The zero-order valence-electron chi connectivity index (χ0n) is 13.8. The number of aromatic amines is 1. The highest BCUT2D eigenvalue weighted by Crippen LogP contribution is 2.31. The third-order valence-electron chi connectivity index (χ3n) is 4.30. The van der Waals surface area contributed by atoms with Crippen LogP contribution < -0.4 is 4.90 Å². The first-order valence-corrected chi connectivity index (χ1v) is 7.85. The summed E-state index contributed by atoms with van der Waals surface area (Å²) < 4.78 is 0. The van der Waals surface area contributed by atoms with Crippen LogP contribution in [0.3, 0.4) is 0 Å². The molecule has 1 N–H and O–H groups in total. The van der Waals surface area contributed by atoms with Gasteiger partial charge >= 0.3 is 0 Å². The molecule has 1 amide bonds. The van der Waals surface area contributed by atoms with E-state index in [9.17, 15) is 4.79 Å². The van der Waals surface area contributed by atoms with Gasteiger partial charge in [0.25, 0.3) is 0 Å². The number of nitrogens with one attached hydrogen (secondary N) is 1. The number of imidazole rings is 1. The fraction of sp³-hybridized carbons (Fsp3) is 0.500. The van der Waals surface area contributed by atoms with Gasteiger partial charge in [0.05, 0.1) is 30.2 Å². The number of hydrogen-bond acceptors (Lipinski definition) is 5. The maximum atomic E-state index is 12.6. The highest BCUT2D eigenvalue weighted by Gasteiger charge is 2.31. The number of rotatable bonds is 4. The highest BCUT2D eigenvalue weighted by atomic mass is 16.2. The maximum absolute atomic E-state index is 12.6. The third-order valence-corrected chi connectivity index (χ3v) is 4.30. The Bertz CT molecular complexity index is 678. The van der Waals surface area contributed by atoms with E-state index in [2.05, 4.69) is 20.2 Å². The minimum absolute atomic E-state index is 0.0189. The Morgan fingerprint density at radius 2 is 2.22 bits per heavy atom. The van der Waals surface area contributed by atoms with Gasteiger partial charge in [-0.15, -0.1) is 5.10 Å². The molecule has 1 aliphatic rings. The first-order chi connectivity index (χ1) is 11.1. The van der Waals surface area contributed by atoms with Crippen molar-refractivity contribution in [3.63, 3.8) is 0 Å². The molecule has 7 heteroatoms. The average Bonchev–Trinajstić information content (AvgIpc) is 3.17. The molecule has 0 bridgehead atoms. The quantitative estimate of drug-likeness (QED) is 0.925. The summed E-state index contributed by atoms with van der Waals surface area (Å²) in [5.74, 6) is 0.915.